The fourth-order valence-electron chi connectivity index (χ4n) is 6.49. The van der Waals surface area contributed by atoms with E-state index in [9.17, 15) is 43.0 Å². The third-order valence-electron chi connectivity index (χ3n) is 8.28. The lowest BCUT2D eigenvalue weighted by Gasteiger charge is -2.48. The van der Waals surface area contributed by atoms with Crippen molar-refractivity contribution in [2.24, 2.45) is 29.4 Å². The number of aliphatic hydroxyl groups is 1. The van der Waals surface area contributed by atoms with Gasteiger partial charge in [-0.2, -0.15) is 0 Å². The average molecular weight is 526 g/mol. The maximum absolute atomic E-state index is 14.7. The normalized spacial score (nSPS) is 28.7. The van der Waals surface area contributed by atoms with Gasteiger partial charge in [0.15, 0.2) is 34.7 Å². The number of aromatic hydroxyl groups is 1. The highest BCUT2D eigenvalue weighted by molar-refractivity contribution is 6.31. The van der Waals surface area contributed by atoms with Crippen LogP contribution in [-0.4, -0.2) is 44.9 Å². The second-order valence-electron chi connectivity index (χ2n) is 10.7. The minimum absolute atomic E-state index is 0.0202. The number of ketones is 4. The molecule has 2 saturated carbocycles. The van der Waals surface area contributed by atoms with E-state index in [0.717, 1.165) is 12.1 Å². The van der Waals surface area contributed by atoms with Crippen molar-refractivity contribution in [1.29, 1.82) is 0 Å². The van der Waals surface area contributed by atoms with Crippen molar-refractivity contribution in [3.63, 3.8) is 0 Å². The highest BCUT2D eigenvalue weighted by Gasteiger charge is 2.66. The Kier molecular flexibility index (Phi) is 5.86. The lowest BCUT2D eigenvalue weighted by Crippen LogP contribution is -2.68. The number of hydrogen-bond acceptors (Lipinski definition) is 7. The zero-order valence-electron chi connectivity index (χ0n) is 20.6. The lowest BCUT2D eigenvalue weighted by atomic mass is 9.53. The number of rotatable bonds is 3. The van der Waals surface area contributed by atoms with Gasteiger partial charge in [-0.15, -0.1) is 0 Å². The zero-order chi connectivity index (χ0) is 27.8. The molecule has 3 aliphatic rings. The molecule has 3 aliphatic carbocycles. The Morgan fingerprint density at radius 3 is 2.34 bits per heavy atom. The van der Waals surface area contributed by atoms with Crippen molar-refractivity contribution < 1.29 is 43.0 Å². The first kappa shape index (κ1) is 25.8. The molecule has 0 radical (unpaired) electrons. The summed E-state index contributed by atoms with van der Waals surface area (Å²) in [4.78, 5) is 64.8. The van der Waals surface area contributed by atoms with Crippen LogP contribution in [0.3, 0.4) is 0 Å². The van der Waals surface area contributed by atoms with Gasteiger partial charge >= 0.3 is 0 Å². The molecule has 0 saturated heterocycles. The molecule has 8 nitrogen and oxygen atoms in total. The number of carbonyl (C=O) groups excluding carboxylic acids is 5. The molecule has 0 aromatic heterocycles. The van der Waals surface area contributed by atoms with E-state index in [0.29, 0.717) is 17.2 Å². The summed E-state index contributed by atoms with van der Waals surface area (Å²) in [6.07, 6.45) is -0.316. The Labute approximate surface area is 215 Å². The molecule has 2 aromatic rings. The average Bonchev–Trinajstić information content (AvgIpc) is 2.81. The van der Waals surface area contributed by atoms with Gasteiger partial charge in [-0.3, -0.25) is 24.0 Å². The molecular weight excluding hydrogens is 500 g/mol. The molecule has 38 heavy (non-hydrogen) atoms. The largest absolute Gasteiger partial charge is 0.507 e. The topological polar surface area (TPSA) is 152 Å². The number of phenols is 1. The molecule has 5 atom stereocenters. The van der Waals surface area contributed by atoms with E-state index in [1.807, 2.05) is 13.8 Å². The number of benzene rings is 2. The molecule has 0 heterocycles. The number of amides is 1. The predicted octanol–water partition coefficient (Wildman–Crippen LogP) is 2.40. The summed E-state index contributed by atoms with van der Waals surface area (Å²) in [6.45, 7) is 3.67. The van der Waals surface area contributed by atoms with Crippen molar-refractivity contribution in [1.82, 2.24) is 0 Å². The van der Waals surface area contributed by atoms with Crippen LogP contribution < -0.4 is 5.73 Å². The van der Waals surface area contributed by atoms with Crippen molar-refractivity contribution in [2.45, 2.75) is 44.6 Å². The second-order valence-corrected chi connectivity index (χ2v) is 10.7. The number of phenolic OH excluding ortho intramolecular Hbond substituents is 1. The minimum atomic E-state index is -2.75. The first-order chi connectivity index (χ1) is 17.8. The van der Waals surface area contributed by atoms with E-state index >= 15 is 0 Å². The number of hydrogen-bond donors (Lipinski definition) is 3. The molecule has 1 amide bonds. The van der Waals surface area contributed by atoms with Crippen molar-refractivity contribution in [3.8, 4) is 16.9 Å². The number of carbonyl (C=O) groups is 5. The van der Waals surface area contributed by atoms with Crippen LogP contribution in [0, 0.1) is 35.3 Å². The van der Waals surface area contributed by atoms with Gasteiger partial charge in [-0.1, -0.05) is 13.8 Å². The molecule has 2 aromatic carbocycles. The maximum atomic E-state index is 14.7. The van der Waals surface area contributed by atoms with Crippen LogP contribution in [0.2, 0.25) is 0 Å². The number of primary amides is 1. The SMILES string of the molecule is CC(C)c1cc(-c2ccc(F)cc2F)c(O)c2c1C[C@H]1C[C@H]3CC(=O)C(C(N)=O)C(=O)[C@@]3(O)C(=O)C1C2=O. The van der Waals surface area contributed by atoms with Crippen LogP contribution in [0.25, 0.3) is 11.1 Å². The lowest BCUT2D eigenvalue weighted by molar-refractivity contribution is -0.175. The fraction of sp³-hybridized carbons (Fsp3) is 0.393. The van der Waals surface area contributed by atoms with E-state index in [2.05, 4.69) is 0 Å². The third kappa shape index (κ3) is 3.46. The van der Waals surface area contributed by atoms with Crippen LogP contribution >= 0.6 is 0 Å². The summed E-state index contributed by atoms with van der Waals surface area (Å²) in [5.41, 5.74) is 3.07. The van der Waals surface area contributed by atoms with E-state index < -0.39 is 82.1 Å². The monoisotopic (exact) mass is 525 g/mol. The second kappa shape index (κ2) is 8.62. The van der Waals surface area contributed by atoms with Crippen LogP contribution in [0.4, 0.5) is 8.78 Å². The van der Waals surface area contributed by atoms with Gasteiger partial charge in [-0.05, 0) is 54.0 Å². The smallest absolute Gasteiger partial charge is 0.235 e. The number of nitrogens with two attached hydrogens (primary N) is 1. The predicted molar refractivity (Wildman–Crippen MR) is 128 cm³/mol. The molecular formula is C28H25F2NO7. The molecule has 0 spiro atoms. The molecule has 4 N–H and O–H groups in total. The Bertz CT molecular complexity index is 1470. The first-order valence-electron chi connectivity index (χ1n) is 12.3. The molecule has 198 valence electrons. The standard InChI is InChI=1S/C28H25F2NO7/c1-10(2)15-9-17(14-4-3-13(29)8-18(14)30)23(33)21-16(15)6-11-5-12-7-19(32)22(27(31)37)26(36)28(12,38)25(35)20(11)24(21)34/h3-4,8-12,20,22,33,38H,5-7H2,1-2H3,(H2,31,37)/t11-,12+,20?,22?,28+/m1/s1. The summed E-state index contributed by atoms with van der Waals surface area (Å²) in [7, 11) is 0. The van der Waals surface area contributed by atoms with Gasteiger partial charge in [0, 0.05) is 29.5 Å². The molecule has 0 bridgehead atoms. The van der Waals surface area contributed by atoms with E-state index in [-0.39, 0.29) is 35.4 Å². The van der Waals surface area contributed by atoms with Crippen molar-refractivity contribution in [2.75, 3.05) is 0 Å². The van der Waals surface area contributed by atoms with Gasteiger partial charge < -0.3 is 15.9 Å². The summed E-state index contributed by atoms with van der Waals surface area (Å²) >= 11 is 0. The van der Waals surface area contributed by atoms with Crippen LogP contribution in [0.5, 0.6) is 5.75 Å². The molecule has 5 rings (SSSR count). The highest BCUT2D eigenvalue weighted by atomic mass is 19.1. The fourth-order valence-corrected chi connectivity index (χ4v) is 6.49. The van der Waals surface area contributed by atoms with Gasteiger partial charge in [-0.25, -0.2) is 8.78 Å². The Morgan fingerprint density at radius 2 is 1.74 bits per heavy atom. The van der Waals surface area contributed by atoms with Crippen LogP contribution in [0.1, 0.15) is 54.1 Å². The summed E-state index contributed by atoms with van der Waals surface area (Å²) in [6, 6.07) is 4.32. The molecule has 2 fully saturated rings. The van der Waals surface area contributed by atoms with Gasteiger partial charge in [0.05, 0.1) is 11.5 Å². The zero-order valence-corrected chi connectivity index (χ0v) is 20.6. The summed E-state index contributed by atoms with van der Waals surface area (Å²) < 4.78 is 28.2. The summed E-state index contributed by atoms with van der Waals surface area (Å²) in [5, 5.41) is 22.5. The summed E-state index contributed by atoms with van der Waals surface area (Å²) in [5.74, 6) is -13.3. The van der Waals surface area contributed by atoms with Gasteiger partial charge in [0.25, 0.3) is 0 Å². The van der Waals surface area contributed by atoms with Gasteiger partial charge in [0.2, 0.25) is 5.91 Å². The third-order valence-corrected chi connectivity index (χ3v) is 8.28. The molecule has 0 aliphatic heterocycles. The van der Waals surface area contributed by atoms with Crippen LogP contribution in [-0.2, 0) is 25.6 Å². The number of fused-ring (bicyclic) bond motifs is 3. The van der Waals surface area contributed by atoms with Crippen LogP contribution in [0.15, 0.2) is 24.3 Å². The van der Waals surface area contributed by atoms with E-state index in [4.69, 9.17) is 5.73 Å². The Balaban J connectivity index is 1.67. The number of halogens is 2. The Morgan fingerprint density at radius 1 is 1.05 bits per heavy atom. The molecule has 10 heteroatoms. The minimum Gasteiger partial charge on any atom is -0.507 e. The van der Waals surface area contributed by atoms with Crippen molar-refractivity contribution >= 4 is 29.0 Å². The quantitative estimate of drug-likeness (QED) is 0.521. The van der Waals surface area contributed by atoms with Gasteiger partial charge in [0.1, 0.15) is 17.4 Å². The maximum Gasteiger partial charge on any atom is 0.235 e. The molecule has 2 unspecified atom stereocenters. The van der Waals surface area contributed by atoms with E-state index in [1.54, 1.807) is 0 Å². The highest BCUT2D eigenvalue weighted by Crippen LogP contribution is 2.52. The van der Waals surface area contributed by atoms with Crippen molar-refractivity contribution in [3.05, 3.63) is 52.6 Å². The van der Waals surface area contributed by atoms with E-state index in [1.165, 1.54) is 6.07 Å². The Hall–Kier alpha value is -3.79. The first-order valence-corrected chi connectivity index (χ1v) is 12.3. The number of Topliss-reactive ketones (excluding diaryl/α,β-unsaturated/α-hetero) is 4.